The van der Waals surface area contributed by atoms with Crippen LogP contribution in [0.4, 0.5) is 4.79 Å². The molecule has 208 valence electrons. The number of likely N-dealkylation sites (N-methyl/N-ethyl adjacent to an activating group) is 1. The van der Waals surface area contributed by atoms with E-state index in [1.165, 1.54) is 0 Å². The topological polar surface area (TPSA) is 119 Å². The summed E-state index contributed by atoms with van der Waals surface area (Å²) in [6, 6.07) is 23.5. The molecule has 9 heteroatoms. The molecule has 0 saturated carbocycles. The van der Waals surface area contributed by atoms with Crippen LogP contribution in [0.3, 0.4) is 0 Å². The molecule has 5 rings (SSSR count). The van der Waals surface area contributed by atoms with Gasteiger partial charge in [0.25, 0.3) is 0 Å². The summed E-state index contributed by atoms with van der Waals surface area (Å²) in [7, 11) is 1.82. The van der Waals surface area contributed by atoms with E-state index in [1.54, 1.807) is 0 Å². The number of fused-ring (bicyclic) bond motifs is 3. The average molecular weight is 544 g/mol. The number of carboxylic acid groups (broad SMARTS) is 1. The number of rotatable bonds is 9. The van der Waals surface area contributed by atoms with Crippen LogP contribution in [0.1, 0.15) is 29.0 Å². The third-order valence-electron chi connectivity index (χ3n) is 7.57. The molecule has 1 saturated heterocycles. The number of hydrogen-bond acceptors (Lipinski definition) is 6. The summed E-state index contributed by atoms with van der Waals surface area (Å²) in [6.07, 6.45) is -1.76. The molecule has 3 aromatic carbocycles. The van der Waals surface area contributed by atoms with E-state index in [0.29, 0.717) is 6.54 Å². The van der Waals surface area contributed by atoms with Gasteiger partial charge in [-0.1, -0.05) is 78.9 Å². The van der Waals surface area contributed by atoms with Crippen LogP contribution in [0.15, 0.2) is 78.9 Å². The number of carbonyl (C=O) groups excluding carboxylic acids is 2. The molecule has 1 aliphatic carbocycles. The highest BCUT2D eigenvalue weighted by Crippen LogP contribution is 2.44. The molecule has 0 spiro atoms. The van der Waals surface area contributed by atoms with Crippen LogP contribution >= 0.6 is 0 Å². The minimum atomic E-state index is -1.19. The Bertz CT molecular complexity index is 1330. The number of aliphatic hydroxyl groups excluding tert-OH is 1. The highest BCUT2D eigenvalue weighted by molar-refractivity contribution is 5.90. The van der Waals surface area contributed by atoms with Gasteiger partial charge in [0.15, 0.2) is 0 Å². The van der Waals surface area contributed by atoms with Crippen molar-refractivity contribution in [1.82, 2.24) is 15.1 Å². The van der Waals surface area contributed by atoms with Gasteiger partial charge in [-0.25, -0.2) is 9.59 Å². The Morgan fingerprint density at radius 3 is 2.20 bits per heavy atom. The van der Waals surface area contributed by atoms with Gasteiger partial charge >= 0.3 is 12.1 Å². The van der Waals surface area contributed by atoms with Crippen molar-refractivity contribution in [2.75, 3.05) is 26.7 Å². The molecule has 1 heterocycles. The second-order valence-electron chi connectivity index (χ2n) is 10.4. The molecule has 2 aliphatic rings. The number of carbonyl (C=O) groups is 3. The monoisotopic (exact) mass is 543 g/mol. The maximum absolute atomic E-state index is 13.6. The minimum Gasteiger partial charge on any atom is -0.480 e. The minimum absolute atomic E-state index is 0.0570. The van der Waals surface area contributed by atoms with E-state index in [2.05, 4.69) is 17.4 Å². The number of likely N-dealkylation sites (tertiary alicyclic amines) is 1. The molecular formula is C31H33N3O6. The van der Waals surface area contributed by atoms with Crippen molar-refractivity contribution in [3.8, 4) is 11.1 Å². The Kier molecular flexibility index (Phi) is 8.14. The van der Waals surface area contributed by atoms with E-state index in [1.807, 2.05) is 78.7 Å². The lowest BCUT2D eigenvalue weighted by Crippen LogP contribution is -2.55. The third-order valence-corrected chi connectivity index (χ3v) is 7.57. The van der Waals surface area contributed by atoms with Gasteiger partial charge in [-0.3, -0.25) is 9.69 Å². The first-order valence-corrected chi connectivity index (χ1v) is 13.4. The highest BCUT2D eigenvalue weighted by Gasteiger charge is 2.42. The van der Waals surface area contributed by atoms with E-state index in [0.717, 1.165) is 32.7 Å². The number of ether oxygens (including phenoxy) is 1. The average Bonchev–Trinajstić information content (AvgIpc) is 3.50. The fraction of sp³-hybridized carbons (Fsp3) is 0.323. The fourth-order valence-corrected chi connectivity index (χ4v) is 5.73. The summed E-state index contributed by atoms with van der Waals surface area (Å²) in [5, 5.41) is 22.4. The molecule has 0 radical (unpaired) electrons. The van der Waals surface area contributed by atoms with Crippen LogP contribution in [0.2, 0.25) is 0 Å². The number of nitrogens with zero attached hydrogens (tertiary/aromatic N) is 2. The Morgan fingerprint density at radius 1 is 0.975 bits per heavy atom. The van der Waals surface area contributed by atoms with Gasteiger partial charge in [-0.2, -0.15) is 0 Å². The van der Waals surface area contributed by atoms with Crippen LogP contribution < -0.4 is 5.32 Å². The maximum atomic E-state index is 13.6. The summed E-state index contributed by atoms with van der Waals surface area (Å²) in [4.78, 5) is 41.5. The molecular weight excluding hydrogens is 510 g/mol. The number of alkyl carbamates (subject to hydrolysis) is 1. The number of β-amino-alcohol motifs (C(OH)–C–C–N with tert-alkyl or cyclic N) is 1. The molecule has 2 amide bonds. The molecule has 3 atom stereocenters. The van der Waals surface area contributed by atoms with Crippen LogP contribution in [-0.2, 0) is 20.9 Å². The number of aliphatic carboxylic acids is 1. The molecule has 9 nitrogen and oxygen atoms in total. The smallest absolute Gasteiger partial charge is 0.407 e. The lowest BCUT2D eigenvalue weighted by atomic mass is 9.98. The second kappa shape index (κ2) is 11.9. The van der Waals surface area contributed by atoms with Crippen molar-refractivity contribution in [2.45, 2.75) is 37.1 Å². The number of nitrogens with one attached hydrogen (secondary N) is 1. The van der Waals surface area contributed by atoms with Crippen LogP contribution in [0.5, 0.6) is 0 Å². The number of amides is 2. The van der Waals surface area contributed by atoms with Crippen molar-refractivity contribution in [3.63, 3.8) is 0 Å². The third kappa shape index (κ3) is 5.85. The SMILES string of the molecule is CN(Cc1ccccc1)CC(NC(=O)OCC1c2ccccc2-c2ccccc21)C(=O)N1C[C@H](O)C[C@H]1C(=O)O. The largest absolute Gasteiger partial charge is 0.480 e. The summed E-state index contributed by atoms with van der Waals surface area (Å²) < 4.78 is 5.67. The van der Waals surface area contributed by atoms with Gasteiger partial charge in [0, 0.05) is 32.0 Å². The molecule has 3 aromatic rings. The first-order valence-electron chi connectivity index (χ1n) is 13.4. The molecule has 40 heavy (non-hydrogen) atoms. The normalized spacial score (nSPS) is 18.7. The summed E-state index contributed by atoms with van der Waals surface area (Å²) in [5.74, 6) is -1.90. The number of benzene rings is 3. The molecule has 1 unspecified atom stereocenters. The first-order chi connectivity index (χ1) is 19.3. The second-order valence-corrected chi connectivity index (χ2v) is 10.4. The molecule has 1 fully saturated rings. The van der Waals surface area contributed by atoms with E-state index in [9.17, 15) is 24.6 Å². The van der Waals surface area contributed by atoms with Crippen LogP contribution in [0.25, 0.3) is 11.1 Å². The first kappa shape index (κ1) is 27.4. The molecule has 1 aliphatic heterocycles. The zero-order valence-electron chi connectivity index (χ0n) is 22.3. The Morgan fingerprint density at radius 2 is 1.57 bits per heavy atom. The zero-order valence-corrected chi connectivity index (χ0v) is 22.3. The number of carboxylic acids is 1. The lowest BCUT2D eigenvalue weighted by molar-refractivity contribution is -0.149. The summed E-state index contributed by atoms with van der Waals surface area (Å²) in [5.41, 5.74) is 5.38. The Labute approximate surface area is 233 Å². The van der Waals surface area contributed by atoms with Crippen LogP contribution in [0, 0.1) is 0 Å². The Balaban J connectivity index is 1.30. The van der Waals surface area contributed by atoms with E-state index in [4.69, 9.17) is 4.74 Å². The van der Waals surface area contributed by atoms with E-state index < -0.39 is 36.2 Å². The summed E-state index contributed by atoms with van der Waals surface area (Å²) >= 11 is 0. The maximum Gasteiger partial charge on any atom is 0.407 e. The number of hydrogen-bond donors (Lipinski definition) is 3. The van der Waals surface area contributed by atoms with Crippen molar-refractivity contribution in [1.29, 1.82) is 0 Å². The molecule has 0 aromatic heterocycles. The van der Waals surface area contributed by atoms with E-state index in [-0.39, 0.29) is 32.0 Å². The van der Waals surface area contributed by atoms with Gasteiger partial charge in [-0.15, -0.1) is 0 Å². The fourth-order valence-electron chi connectivity index (χ4n) is 5.73. The zero-order chi connectivity index (χ0) is 28.2. The summed E-state index contributed by atoms with van der Waals surface area (Å²) in [6.45, 7) is 0.612. The molecule has 0 bridgehead atoms. The van der Waals surface area contributed by atoms with Crippen LogP contribution in [-0.4, -0.2) is 82.9 Å². The van der Waals surface area contributed by atoms with Crippen molar-refractivity contribution < 1.29 is 29.3 Å². The van der Waals surface area contributed by atoms with Gasteiger partial charge in [0.1, 0.15) is 18.7 Å². The predicted octanol–water partition coefficient (Wildman–Crippen LogP) is 3.07. The van der Waals surface area contributed by atoms with E-state index >= 15 is 0 Å². The Hall–Kier alpha value is -4.21. The van der Waals surface area contributed by atoms with Gasteiger partial charge in [-0.05, 0) is 34.9 Å². The quantitative estimate of drug-likeness (QED) is 0.380. The lowest BCUT2D eigenvalue weighted by Gasteiger charge is -2.29. The van der Waals surface area contributed by atoms with Gasteiger partial charge in [0.05, 0.1) is 6.10 Å². The van der Waals surface area contributed by atoms with Crippen molar-refractivity contribution in [2.24, 2.45) is 0 Å². The predicted molar refractivity (Wildman–Crippen MR) is 149 cm³/mol. The van der Waals surface area contributed by atoms with Crippen molar-refractivity contribution in [3.05, 3.63) is 95.6 Å². The molecule has 3 N–H and O–H groups in total. The number of aliphatic hydroxyl groups is 1. The highest BCUT2D eigenvalue weighted by atomic mass is 16.5. The van der Waals surface area contributed by atoms with Gasteiger partial charge < -0.3 is 25.2 Å². The van der Waals surface area contributed by atoms with Gasteiger partial charge in [0.2, 0.25) is 5.91 Å². The standard InChI is InChI=1S/C31H33N3O6/c1-33(16-20-9-3-2-4-10-20)18-27(29(36)34-17-21(35)15-28(34)30(37)38)32-31(39)40-19-26-24-13-7-5-11-22(24)23-12-6-8-14-25(23)26/h2-14,21,26-28,35H,15-19H2,1H3,(H,32,39)(H,37,38)/t21-,27?,28+/m1/s1. The van der Waals surface area contributed by atoms with Crippen molar-refractivity contribution >= 4 is 18.0 Å².